The molecule has 2 fully saturated rings. The van der Waals surface area contributed by atoms with Crippen LogP contribution in [-0.4, -0.2) is 55.1 Å². The minimum absolute atomic E-state index is 0.140. The van der Waals surface area contributed by atoms with Gasteiger partial charge in [0.15, 0.2) is 0 Å². The first-order chi connectivity index (χ1) is 11.7. The molecular formula is C18H21FN4O. The highest BCUT2D eigenvalue weighted by atomic mass is 19.1. The van der Waals surface area contributed by atoms with Crippen LogP contribution in [0.1, 0.15) is 6.42 Å². The first-order valence-corrected chi connectivity index (χ1v) is 8.51. The Morgan fingerprint density at radius 1 is 1.21 bits per heavy atom. The van der Waals surface area contributed by atoms with Crippen LogP contribution in [-0.2, 0) is 4.79 Å². The Morgan fingerprint density at radius 3 is 2.79 bits per heavy atom. The number of nitrogens with one attached hydrogen (secondary N) is 1. The van der Waals surface area contributed by atoms with E-state index < -0.39 is 0 Å². The number of piperazine rings is 1. The lowest BCUT2D eigenvalue weighted by Gasteiger charge is -2.37. The summed E-state index contributed by atoms with van der Waals surface area (Å²) in [7, 11) is 0. The Hall–Kier alpha value is -2.21. The predicted octanol–water partition coefficient (Wildman–Crippen LogP) is 1.63. The molecule has 24 heavy (non-hydrogen) atoms. The summed E-state index contributed by atoms with van der Waals surface area (Å²) in [4.78, 5) is 21.0. The number of carbonyl (C=O) groups is 1. The molecule has 0 spiro atoms. The number of carbonyl (C=O) groups excluding carboxylic acids is 1. The minimum atomic E-state index is -0.271. The van der Waals surface area contributed by atoms with Crippen molar-refractivity contribution in [2.75, 3.05) is 44.2 Å². The molecule has 5 nitrogen and oxygen atoms in total. The lowest BCUT2D eigenvalue weighted by molar-refractivity contribution is -0.135. The van der Waals surface area contributed by atoms with Crippen LogP contribution in [0.3, 0.4) is 0 Å². The van der Waals surface area contributed by atoms with E-state index in [0.29, 0.717) is 5.52 Å². The fourth-order valence-corrected chi connectivity index (χ4v) is 3.67. The molecule has 0 unspecified atom stereocenters. The maximum atomic E-state index is 13.4. The molecular weight excluding hydrogens is 307 g/mol. The summed E-state index contributed by atoms with van der Waals surface area (Å²) in [5, 5.41) is 4.21. The highest BCUT2D eigenvalue weighted by Crippen LogP contribution is 2.27. The number of fused-ring (bicyclic) bond motifs is 1. The number of amides is 1. The highest BCUT2D eigenvalue weighted by molar-refractivity contribution is 5.91. The lowest BCUT2D eigenvalue weighted by atomic mass is 10.1. The third-order valence-electron chi connectivity index (χ3n) is 5.02. The molecule has 1 amide bonds. The molecule has 0 bridgehead atoms. The van der Waals surface area contributed by atoms with Crippen LogP contribution < -0.4 is 10.2 Å². The van der Waals surface area contributed by atoms with Gasteiger partial charge < -0.3 is 15.1 Å². The third-order valence-corrected chi connectivity index (χ3v) is 5.02. The summed E-state index contributed by atoms with van der Waals surface area (Å²) in [6.45, 7) is 4.81. The van der Waals surface area contributed by atoms with Gasteiger partial charge in [-0.3, -0.25) is 9.78 Å². The number of rotatable bonds is 2. The molecule has 0 aliphatic carbocycles. The zero-order chi connectivity index (χ0) is 16.5. The van der Waals surface area contributed by atoms with Crippen LogP contribution >= 0.6 is 0 Å². The van der Waals surface area contributed by atoms with E-state index >= 15 is 0 Å². The summed E-state index contributed by atoms with van der Waals surface area (Å²) in [5.41, 5.74) is 1.73. The second-order valence-corrected chi connectivity index (χ2v) is 6.49. The third kappa shape index (κ3) is 2.82. The topological polar surface area (TPSA) is 48.5 Å². The van der Waals surface area contributed by atoms with Crippen molar-refractivity contribution in [2.24, 2.45) is 5.92 Å². The molecule has 3 heterocycles. The van der Waals surface area contributed by atoms with Crippen molar-refractivity contribution in [3.8, 4) is 0 Å². The number of nitrogens with zero attached hydrogens (tertiary/aromatic N) is 3. The molecule has 4 rings (SSSR count). The number of anilines is 1. The molecule has 2 saturated heterocycles. The molecule has 126 valence electrons. The van der Waals surface area contributed by atoms with Crippen molar-refractivity contribution in [3.63, 3.8) is 0 Å². The van der Waals surface area contributed by atoms with E-state index in [9.17, 15) is 9.18 Å². The van der Waals surface area contributed by atoms with Gasteiger partial charge in [-0.2, -0.15) is 0 Å². The largest absolute Gasteiger partial charge is 0.367 e. The maximum Gasteiger partial charge on any atom is 0.227 e. The maximum absolute atomic E-state index is 13.4. The van der Waals surface area contributed by atoms with Gasteiger partial charge in [-0.05, 0) is 31.2 Å². The molecule has 0 saturated carbocycles. The number of pyridine rings is 1. The van der Waals surface area contributed by atoms with Gasteiger partial charge in [0.25, 0.3) is 0 Å². The second kappa shape index (κ2) is 6.36. The van der Waals surface area contributed by atoms with Crippen molar-refractivity contribution in [2.45, 2.75) is 6.42 Å². The van der Waals surface area contributed by atoms with Crippen LogP contribution in [0.5, 0.6) is 0 Å². The molecule has 1 atom stereocenters. The predicted molar refractivity (Wildman–Crippen MR) is 91.5 cm³/mol. The number of hydrogen-bond acceptors (Lipinski definition) is 4. The molecule has 0 radical (unpaired) electrons. The molecule has 1 aromatic carbocycles. The van der Waals surface area contributed by atoms with Gasteiger partial charge in [-0.15, -0.1) is 0 Å². The van der Waals surface area contributed by atoms with Gasteiger partial charge in [0.1, 0.15) is 5.82 Å². The fraction of sp³-hybridized carbons (Fsp3) is 0.444. The average Bonchev–Trinajstić information content (AvgIpc) is 3.15. The van der Waals surface area contributed by atoms with Gasteiger partial charge in [-0.25, -0.2) is 4.39 Å². The lowest BCUT2D eigenvalue weighted by Crippen LogP contribution is -2.50. The minimum Gasteiger partial charge on any atom is -0.367 e. The number of halogens is 1. The van der Waals surface area contributed by atoms with E-state index in [1.165, 1.54) is 12.1 Å². The first-order valence-electron chi connectivity index (χ1n) is 8.51. The zero-order valence-electron chi connectivity index (χ0n) is 13.5. The molecule has 1 N–H and O–H groups in total. The van der Waals surface area contributed by atoms with Crippen LogP contribution in [0, 0.1) is 11.7 Å². The van der Waals surface area contributed by atoms with E-state index in [1.807, 2.05) is 11.0 Å². The van der Waals surface area contributed by atoms with Crippen LogP contribution in [0.2, 0.25) is 0 Å². The standard InChI is InChI=1S/C18H21FN4O/c19-14-1-2-15-16(11-14)21-6-4-17(15)22-7-9-23(10-8-22)18(24)13-3-5-20-12-13/h1-2,4,6,11,13,20H,3,5,7-10,12H2/t13-/m0/s1. The fourth-order valence-electron chi connectivity index (χ4n) is 3.67. The summed E-state index contributed by atoms with van der Waals surface area (Å²) in [5.74, 6) is 0.148. The molecule has 1 aromatic heterocycles. The normalized spacial score (nSPS) is 21.5. The van der Waals surface area contributed by atoms with Crippen molar-refractivity contribution < 1.29 is 9.18 Å². The Labute approximate surface area is 140 Å². The van der Waals surface area contributed by atoms with Gasteiger partial charge in [-0.1, -0.05) is 0 Å². The molecule has 6 heteroatoms. The summed E-state index contributed by atoms with van der Waals surface area (Å²) >= 11 is 0. The smallest absolute Gasteiger partial charge is 0.227 e. The highest BCUT2D eigenvalue weighted by Gasteiger charge is 2.29. The van der Waals surface area contributed by atoms with Gasteiger partial charge in [0.05, 0.1) is 11.4 Å². The van der Waals surface area contributed by atoms with Crippen LogP contribution in [0.4, 0.5) is 10.1 Å². The zero-order valence-corrected chi connectivity index (χ0v) is 13.5. The van der Waals surface area contributed by atoms with Gasteiger partial charge >= 0.3 is 0 Å². The summed E-state index contributed by atoms with van der Waals surface area (Å²) in [6.07, 6.45) is 2.67. The van der Waals surface area contributed by atoms with Crippen LogP contribution in [0.15, 0.2) is 30.5 Å². The number of benzene rings is 1. The average molecular weight is 328 g/mol. The quantitative estimate of drug-likeness (QED) is 0.910. The van der Waals surface area contributed by atoms with Gasteiger partial charge in [0, 0.05) is 56.1 Å². The first kappa shape index (κ1) is 15.3. The van der Waals surface area contributed by atoms with Crippen LogP contribution in [0.25, 0.3) is 10.9 Å². The Morgan fingerprint density at radius 2 is 2.04 bits per heavy atom. The molecule has 2 aliphatic heterocycles. The summed E-state index contributed by atoms with van der Waals surface area (Å²) < 4.78 is 13.4. The van der Waals surface area contributed by atoms with Crippen molar-refractivity contribution >= 4 is 22.5 Å². The van der Waals surface area contributed by atoms with Crippen molar-refractivity contribution in [3.05, 3.63) is 36.3 Å². The number of hydrogen-bond donors (Lipinski definition) is 1. The van der Waals surface area contributed by atoms with E-state index in [4.69, 9.17) is 0 Å². The second-order valence-electron chi connectivity index (χ2n) is 6.49. The SMILES string of the molecule is O=C([C@H]1CCNC1)N1CCN(c2ccnc3cc(F)ccc23)CC1. The summed E-state index contributed by atoms with van der Waals surface area (Å²) in [6, 6.07) is 6.69. The Kier molecular flexibility index (Phi) is 4.06. The Bertz CT molecular complexity index is 752. The number of aromatic nitrogens is 1. The van der Waals surface area contributed by atoms with Crippen molar-refractivity contribution in [1.29, 1.82) is 0 Å². The molecule has 2 aromatic rings. The van der Waals surface area contributed by atoms with Crippen molar-refractivity contribution in [1.82, 2.24) is 15.2 Å². The molecule has 2 aliphatic rings. The Balaban J connectivity index is 1.49. The van der Waals surface area contributed by atoms with E-state index in [1.54, 1.807) is 12.3 Å². The van der Waals surface area contributed by atoms with E-state index in [2.05, 4.69) is 15.2 Å². The monoisotopic (exact) mass is 328 g/mol. The van der Waals surface area contributed by atoms with E-state index in [-0.39, 0.29) is 17.6 Å². The van der Waals surface area contributed by atoms with Gasteiger partial charge in [0.2, 0.25) is 5.91 Å². The van der Waals surface area contributed by atoms with E-state index in [0.717, 1.165) is 56.8 Å².